The summed E-state index contributed by atoms with van der Waals surface area (Å²) in [4.78, 5) is 36.7. The first-order chi connectivity index (χ1) is 11.7. The minimum atomic E-state index is -0.138. The zero-order chi connectivity index (χ0) is 16.8. The van der Waals surface area contributed by atoms with Gasteiger partial charge < -0.3 is 15.1 Å². The van der Waals surface area contributed by atoms with E-state index >= 15 is 0 Å². The van der Waals surface area contributed by atoms with E-state index in [4.69, 9.17) is 0 Å². The predicted octanol–water partition coefficient (Wildman–Crippen LogP) is 0.964. The van der Waals surface area contributed by atoms with Gasteiger partial charge in [-0.2, -0.15) is 0 Å². The van der Waals surface area contributed by atoms with Crippen molar-refractivity contribution in [1.82, 2.24) is 20.2 Å². The number of carbonyl (C=O) groups excluding carboxylic acids is 2. The quantitative estimate of drug-likeness (QED) is 0.832. The molecular formula is C17H25N5O2. The van der Waals surface area contributed by atoms with E-state index in [1.807, 2.05) is 0 Å². The molecule has 2 fully saturated rings. The summed E-state index contributed by atoms with van der Waals surface area (Å²) in [6.07, 6.45) is 9.06. The van der Waals surface area contributed by atoms with E-state index in [2.05, 4.69) is 20.2 Å². The number of piperazine rings is 1. The van der Waals surface area contributed by atoms with Gasteiger partial charge in [0.05, 0.1) is 0 Å². The first-order valence-electron chi connectivity index (χ1n) is 8.81. The molecule has 1 aliphatic carbocycles. The number of amides is 2. The summed E-state index contributed by atoms with van der Waals surface area (Å²) in [6.45, 7) is 2.60. The Hall–Kier alpha value is -2.18. The first-order valence-corrected chi connectivity index (χ1v) is 8.81. The second-order valence-electron chi connectivity index (χ2n) is 6.50. The molecule has 7 nitrogen and oxygen atoms in total. The van der Waals surface area contributed by atoms with Crippen molar-refractivity contribution in [3.05, 3.63) is 18.5 Å². The number of nitrogens with zero attached hydrogens (tertiary/aromatic N) is 4. The SMILES string of the molecule is O=C(CC(=O)N1CCN(c2ncccn2)CC1)NC1CCCCC1. The summed E-state index contributed by atoms with van der Waals surface area (Å²) in [7, 11) is 0. The lowest BCUT2D eigenvalue weighted by atomic mass is 9.95. The van der Waals surface area contributed by atoms with Gasteiger partial charge in [-0.05, 0) is 18.9 Å². The number of hydrogen-bond donors (Lipinski definition) is 1. The van der Waals surface area contributed by atoms with Gasteiger partial charge >= 0.3 is 0 Å². The molecule has 0 unspecified atom stereocenters. The van der Waals surface area contributed by atoms with Crippen LogP contribution in [0.5, 0.6) is 0 Å². The highest BCUT2D eigenvalue weighted by Crippen LogP contribution is 2.17. The minimum Gasteiger partial charge on any atom is -0.353 e. The van der Waals surface area contributed by atoms with Crippen LogP contribution < -0.4 is 10.2 Å². The summed E-state index contributed by atoms with van der Waals surface area (Å²) in [5, 5.41) is 3.01. The second-order valence-corrected chi connectivity index (χ2v) is 6.50. The van der Waals surface area contributed by atoms with Crippen LogP contribution in [0.2, 0.25) is 0 Å². The molecule has 1 aromatic rings. The Labute approximate surface area is 142 Å². The molecule has 1 saturated heterocycles. The van der Waals surface area contributed by atoms with Gasteiger partial charge in [0, 0.05) is 44.6 Å². The molecule has 2 amide bonds. The number of rotatable bonds is 4. The lowest BCUT2D eigenvalue weighted by Crippen LogP contribution is -2.50. The van der Waals surface area contributed by atoms with Crippen LogP contribution in [0.4, 0.5) is 5.95 Å². The van der Waals surface area contributed by atoms with Gasteiger partial charge in [-0.25, -0.2) is 9.97 Å². The number of carbonyl (C=O) groups is 2. The lowest BCUT2D eigenvalue weighted by Gasteiger charge is -2.34. The van der Waals surface area contributed by atoms with E-state index in [0.29, 0.717) is 32.1 Å². The molecule has 7 heteroatoms. The maximum atomic E-state index is 12.3. The van der Waals surface area contributed by atoms with Gasteiger partial charge in [0.2, 0.25) is 17.8 Å². The molecule has 24 heavy (non-hydrogen) atoms. The topological polar surface area (TPSA) is 78.4 Å². The van der Waals surface area contributed by atoms with Gasteiger partial charge in [0.25, 0.3) is 0 Å². The molecule has 0 atom stereocenters. The monoisotopic (exact) mass is 331 g/mol. The third-order valence-corrected chi connectivity index (χ3v) is 4.75. The van der Waals surface area contributed by atoms with E-state index in [-0.39, 0.29) is 24.3 Å². The second kappa shape index (κ2) is 8.08. The van der Waals surface area contributed by atoms with Gasteiger partial charge in [-0.15, -0.1) is 0 Å². The summed E-state index contributed by atoms with van der Waals surface area (Å²) < 4.78 is 0. The van der Waals surface area contributed by atoms with Crippen molar-refractivity contribution in [2.75, 3.05) is 31.1 Å². The summed E-state index contributed by atoms with van der Waals surface area (Å²) in [5.74, 6) is 0.470. The molecule has 1 saturated carbocycles. The number of anilines is 1. The summed E-state index contributed by atoms with van der Waals surface area (Å²) in [5.41, 5.74) is 0. The van der Waals surface area contributed by atoms with E-state index in [9.17, 15) is 9.59 Å². The molecule has 1 N–H and O–H groups in total. The predicted molar refractivity (Wildman–Crippen MR) is 90.5 cm³/mol. The third kappa shape index (κ3) is 4.43. The third-order valence-electron chi connectivity index (χ3n) is 4.75. The summed E-state index contributed by atoms with van der Waals surface area (Å²) >= 11 is 0. The maximum Gasteiger partial charge on any atom is 0.232 e. The standard InChI is InChI=1S/C17H25N5O2/c23-15(20-14-5-2-1-3-6-14)13-16(24)21-9-11-22(12-10-21)17-18-7-4-8-19-17/h4,7-8,14H,1-3,5-6,9-13H2,(H,20,23). The molecule has 1 aliphatic heterocycles. The Balaban J connectivity index is 1.42. The fraction of sp³-hybridized carbons (Fsp3) is 0.647. The largest absolute Gasteiger partial charge is 0.353 e. The van der Waals surface area contributed by atoms with Crippen molar-refractivity contribution >= 4 is 17.8 Å². The van der Waals surface area contributed by atoms with E-state index < -0.39 is 0 Å². The summed E-state index contributed by atoms with van der Waals surface area (Å²) in [6, 6.07) is 2.04. The van der Waals surface area contributed by atoms with Crippen LogP contribution in [-0.4, -0.2) is 58.9 Å². The normalized spacial score (nSPS) is 19.2. The van der Waals surface area contributed by atoms with Crippen molar-refractivity contribution in [3.63, 3.8) is 0 Å². The Morgan fingerprint density at radius 1 is 1.04 bits per heavy atom. The van der Waals surface area contributed by atoms with Gasteiger partial charge in [0.15, 0.2) is 0 Å². The zero-order valence-electron chi connectivity index (χ0n) is 14.0. The van der Waals surface area contributed by atoms with Crippen LogP contribution in [0.3, 0.4) is 0 Å². The Morgan fingerprint density at radius 3 is 2.38 bits per heavy atom. The maximum absolute atomic E-state index is 12.3. The van der Waals surface area contributed by atoms with Crippen LogP contribution in [0.25, 0.3) is 0 Å². The zero-order valence-corrected chi connectivity index (χ0v) is 14.0. The smallest absolute Gasteiger partial charge is 0.232 e. The van der Waals surface area contributed by atoms with Crippen molar-refractivity contribution in [2.24, 2.45) is 0 Å². The van der Waals surface area contributed by atoms with Crippen molar-refractivity contribution in [2.45, 2.75) is 44.6 Å². The van der Waals surface area contributed by atoms with Crippen molar-refractivity contribution in [3.8, 4) is 0 Å². The fourth-order valence-electron chi connectivity index (χ4n) is 3.39. The highest BCUT2D eigenvalue weighted by molar-refractivity contribution is 5.97. The molecule has 130 valence electrons. The highest BCUT2D eigenvalue weighted by Gasteiger charge is 2.25. The molecular weight excluding hydrogens is 306 g/mol. The van der Waals surface area contributed by atoms with E-state index in [0.717, 1.165) is 12.8 Å². The Bertz CT molecular complexity index is 551. The van der Waals surface area contributed by atoms with Crippen LogP contribution in [0, 0.1) is 0 Å². The first kappa shape index (κ1) is 16.7. The average molecular weight is 331 g/mol. The van der Waals surface area contributed by atoms with Crippen molar-refractivity contribution in [1.29, 1.82) is 0 Å². The average Bonchev–Trinajstić information content (AvgIpc) is 2.63. The lowest BCUT2D eigenvalue weighted by molar-refractivity contribution is -0.136. The number of aromatic nitrogens is 2. The highest BCUT2D eigenvalue weighted by atomic mass is 16.2. The van der Waals surface area contributed by atoms with Crippen LogP contribution in [0.15, 0.2) is 18.5 Å². The fourth-order valence-corrected chi connectivity index (χ4v) is 3.39. The molecule has 2 aliphatic rings. The molecule has 0 aromatic carbocycles. The van der Waals surface area contributed by atoms with Crippen LogP contribution >= 0.6 is 0 Å². The molecule has 0 bridgehead atoms. The molecule has 3 rings (SSSR count). The van der Waals surface area contributed by atoms with E-state index in [1.54, 1.807) is 23.4 Å². The van der Waals surface area contributed by atoms with Crippen LogP contribution in [0.1, 0.15) is 38.5 Å². The Morgan fingerprint density at radius 2 is 1.71 bits per heavy atom. The van der Waals surface area contributed by atoms with Gasteiger partial charge in [-0.3, -0.25) is 9.59 Å². The Kier molecular flexibility index (Phi) is 5.61. The number of nitrogens with one attached hydrogen (secondary N) is 1. The van der Waals surface area contributed by atoms with Gasteiger partial charge in [-0.1, -0.05) is 19.3 Å². The van der Waals surface area contributed by atoms with E-state index in [1.165, 1.54) is 19.3 Å². The minimum absolute atomic E-state index is 0.0433. The van der Waals surface area contributed by atoms with Crippen molar-refractivity contribution < 1.29 is 9.59 Å². The molecule has 0 radical (unpaired) electrons. The number of hydrogen-bond acceptors (Lipinski definition) is 5. The molecule has 2 heterocycles. The van der Waals surface area contributed by atoms with Crippen LogP contribution in [-0.2, 0) is 9.59 Å². The molecule has 1 aromatic heterocycles. The van der Waals surface area contributed by atoms with Gasteiger partial charge in [0.1, 0.15) is 6.42 Å². The molecule has 0 spiro atoms.